The lowest BCUT2D eigenvalue weighted by Gasteiger charge is -2.10. The Morgan fingerprint density at radius 1 is 1.16 bits per heavy atom. The summed E-state index contributed by atoms with van der Waals surface area (Å²) in [5, 5.41) is 9.55. The SMILES string of the molecule is COc1ccc(Oc2cc(Cl)ccc2C#N)c(Br)c1. The molecular formula is C14H9BrClNO2. The molecule has 2 rings (SSSR count). The number of rotatable bonds is 3. The molecule has 0 amide bonds. The van der Waals surface area contributed by atoms with Crippen LogP contribution in [0.2, 0.25) is 5.02 Å². The fraction of sp³-hybridized carbons (Fsp3) is 0.0714. The topological polar surface area (TPSA) is 42.2 Å². The molecule has 0 bridgehead atoms. The first-order valence-corrected chi connectivity index (χ1v) is 6.52. The zero-order valence-electron chi connectivity index (χ0n) is 9.98. The van der Waals surface area contributed by atoms with E-state index in [-0.39, 0.29) is 0 Å². The molecule has 5 heteroatoms. The van der Waals surface area contributed by atoms with E-state index in [1.165, 1.54) is 0 Å². The minimum absolute atomic E-state index is 0.417. The Morgan fingerprint density at radius 3 is 2.58 bits per heavy atom. The van der Waals surface area contributed by atoms with E-state index in [0.717, 1.165) is 4.47 Å². The predicted octanol–water partition coefficient (Wildman–Crippen LogP) is 4.78. The Hall–Kier alpha value is -1.70. The molecule has 19 heavy (non-hydrogen) atoms. The van der Waals surface area contributed by atoms with Crippen molar-refractivity contribution in [3.8, 4) is 23.3 Å². The summed E-state index contributed by atoms with van der Waals surface area (Å²) in [6.45, 7) is 0. The summed E-state index contributed by atoms with van der Waals surface area (Å²) in [6.07, 6.45) is 0. The number of ether oxygens (including phenoxy) is 2. The molecule has 0 fully saturated rings. The first kappa shape index (κ1) is 13.7. The number of benzene rings is 2. The van der Waals surface area contributed by atoms with E-state index in [9.17, 15) is 0 Å². The number of nitriles is 1. The molecule has 2 aromatic carbocycles. The Balaban J connectivity index is 2.36. The van der Waals surface area contributed by atoms with Crippen molar-refractivity contribution in [3.63, 3.8) is 0 Å². The zero-order valence-corrected chi connectivity index (χ0v) is 12.3. The number of hydrogen-bond acceptors (Lipinski definition) is 3. The smallest absolute Gasteiger partial charge is 0.146 e. The summed E-state index contributed by atoms with van der Waals surface area (Å²) in [7, 11) is 1.59. The Kier molecular flexibility index (Phi) is 4.31. The summed E-state index contributed by atoms with van der Waals surface area (Å²) in [5.41, 5.74) is 0.423. The molecule has 0 aromatic heterocycles. The average Bonchev–Trinajstić information content (AvgIpc) is 2.41. The lowest BCUT2D eigenvalue weighted by Crippen LogP contribution is -1.90. The average molecular weight is 339 g/mol. The molecule has 0 aliphatic heterocycles. The van der Waals surface area contributed by atoms with E-state index in [1.807, 2.05) is 0 Å². The Labute approximate surface area is 124 Å². The van der Waals surface area contributed by atoms with Crippen LogP contribution < -0.4 is 9.47 Å². The number of halogens is 2. The normalized spacial score (nSPS) is 9.79. The van der Waals surface area contributed by atoms with Gasteiger partial charge in [-0.25, -0.2) is 0 Å². The minimum Gasteiger partial charge on any atom is -0.497 e. The van der Waals surface area contributed by atoms with Crippen LogP contribution >= 0.6 is 27.5 Å². The van der Waals surface area contributed by atoms with E-state index in [0.29, 0.717) is 27.8 Å². The Bertz CT molecular complexity index is 652. The summed E-state index contributed by atoms with van der Waals surface area (Å²) in [6, 6.07) is 12.3. The summed E-state index contributed by atoms with van der Waals surface area (Å²) in [4.78, 5) is 0. The van der Waals surface area contributed by atoms with Crippen LogP contribution in [0.25, 0.3) is 0 Å². The second-order valence-corrected chi connectivity index (χ2v) is 4.94. The van der Waals surface area contributed by atoms with Gasteiger partial charge in [0.25, 0.3) is 0 Å². The molecule has 0 unspecified atom stereocenters. The van der Waals surface area contributed by atoms with Gasteiger partial charge in [0.2, 0.25) is 0 Å². The van der Waals surface area contributed by atoms with Gasteiger partial charge in [-0.15, -0.1) is 0 Å². The summed E-state index contributed by atoms with van der Waals surface area (Å²) < 4.78 is 11.5. The van der Waals surface area contributed by atoms with E-state index >= 15 is 0 Å². The van der Waals surface area contributed by atoms with Crippen LogP contribution in [0.1, 0.15) is 5.56 Å². The highest BCUT2D eigenvalue weighted by Crippen LogP contribution is 2.34. The molecule has 0 saturated carbocycles. The van der Waals surface area contributed by atoms with E-state index in [1.54, 1.807) is 43.5 Å². The van der Waals surface area contributed by atoms with Gasteiger partial charge in [-0.05, 0) is 46.3 Å². The second-order valence-electron chi connectivity index (χ2n) is 3.65. The molecule has 0 aliphatic rings. The van der Waals surface area contributed by atoms with Crippen molar-refractivity contribution in [1.82, 2.24) is 0 Å². The van der Waals surface area contributed by atoms with Crippen molar-refractivity contribution >= 4 is 27.5 Å². The maximum absolute atomic E-state index is 9.03. The fourth-order valence-electron chi connectivity index (χ4n) is 1.48. The largest absolute Gasteiger partial charge is 0.497 e. The number of hydrogen-bond donors (Lipinski definition) is 0. The molecule has 0 saturated heterocycles. The third-order valence-corrected chi connectivity index (χ3v) is 3.28. The van der Waals surface area contributed by atoms with Crippen molar-refractivity contribution in [1.29, 1.82) is 5.26 Å². The number of methoxy groups -OCH3 is 1. The predicted molar refractivity (Wildman–Crippen MR) is 76.9 cm³/mol. The molecule has 0 radical (unpaired) electrons. The van der Waals surface area contributed by atoms with Gasteiger partial charge < -0.3 is 9.47 Å². The molecule has 0 atom stereocenters. The van der Waals surface area contributed by atoms with Crippen LogP contribution in [0.15, 0.2) is 40.9 Å². The van der Waals surface area contributed by atoms with Gasteiger partial charge in [-0.3, -0.25) is 0 Å². The highest BCUT2D eigenvalue weighted by atomic mass is 79.9. The minimum atomic E-state index is 0.417. The van der Waals surface area contributed by atoms with E-state index in [2.05, 4.69) is 22.0 Å². The zero-order chi connectivity index (χ0) is 13.8. The van der Waals surface area contributed by atoms with Crippen molar-refractivity contribution in [3.05, 3.63) is 51.5 Å². The highest BCUT2D eigenvalue weighted by molar-refractivity contribution is 9.10. The van der Waals surface area contributed by atoms with Gasteiger partial charge in [-0.2, -0.15) is 5.26 Å². The molecule has 96 valence electrons. The fourth-order valence-corrected chi connectivity index (χ4v) is 2.08. The summed E-state index contributed by atoms with van der Waals surface area (Å²) >= 11 is 9.30. The van der Waals surface area contributed by atoms with Crippen molar-refractivity contribution in [2.24, 2.45) is 0 Å². The first-order chi connectivity index (χ1) is 9.13. The lowest BCUT2D eigenvalue weighted by molar-refractivity contribution is 0.412. The maximum atomic E-state index is 9.03. The van der Waals surface area contributed by atoms with Crippen LogP contribution in [0.5, 0.6) is 17.2 Å². The molecule has 2 aromatic rings. The van der Waals surface area contributed by atoms with Crippen LogP contribution in [-0.2, 0) is 0 Å². The number of nitrogens with zero attached hydrogens (tertiary/aromatic N) is 1. The van der Waals surface area contributed by atoms with Crippen molar-refractivity contribution in [2.75, 3.05) is 7.11 Å². The van der Waals surface area contributed by atoms with Crippen LogP contribution in [0.4, 0.5) is 0 Å². The van der Waals surface area contributed by atoms with E-state index in [4.69, 9.17) is 26.3 Å². The molecule has 0 heterocycles. The molecule has 3 nitrogen and oxygen atoms in total. The second kappa shape index (κ2) is 5.96. The third kappa shape index (κ3) is 3.19. The van der Waals surface area contributed by atoms with Gasteiger partial charge in [0, 0.05) is 11.1 Å². The molecule has 0 aliphatic carbocycles. The van der Waals surface area contributed by atoms with Gasteiger partial charge >= 0.3 is 0 Å². The quantitative estimate of drug-likeness (QED) is 0.809. The van der Waals surface area contributed by atoms with Crippen LogP contribution in [0, 0.1) is 11.3 Å². The standard InChI is InChI=1S/C14H9BrClNO2/c1-18-11-4-5-13(12(15)7-11)19-14-6-10(16)3-2-9(14)8-17/h2-7H,1H3. The summed E-state index contributed by atoms with van der Waals surface area (Å²) in [5.74, 6) is 1.71. The maximum Gasteiger partial charge on any atom is 0.146 e. The van der Waals surface area contributed by atoms with Crippen molar-refractivity contribution in [2.45, 2.75) is 0 Å². The lowest BCUT2D eigenvalue weighted by atomic mass is 10.2. The van der Waals surface area contributed by atoms with Gasteiger partial charge in [0.15, 0.2) is 0 Å². The van der Waals surface area contributed by atoms with Gasteiger partial charge in [0.05, 0.1) is 17.1 Å². The van der Waals surface area contributed by atoms with Crippen LogP contribution in [0.3, 0.4) is 0 Å². The molecule has 0 spiro atoms. The third-order valence-electron chi connectivity index (χ3n) is 2.42. The monoisotopic (exact) mass is 337 g/mol. The van der Waals surface area contributed by atoms with Gasteiger partial charge in [0.1, 0.15) is 23.3 Å². The van der Waals surface area contributed by atoms with E-state index < -0.39 is 0 Å². The highest BCUT2D eigenvalue weighted by Gasteiger charge is 2.09. The Morgan fingerprint density at radius 2 is 1.95 bits per heavy atom. The first-order valence-electron chi connectivity index (χ1n) is 5.35. The van der Waals surface area contributed by atoms with Crippen LogP contribution in [-0.4, -0.2) is 7.11 Å². The molecule has 0 N–H and O–H groups in total. The van der Waals surface area contributed by atoms with Crippen molar-refractivity contribution < 1.29 is 9.47 Å². The van der Waals surface area contributed by atoms with Gasteiger partial charge in [-0.1, -0.05) is 11.6 Å². The molecular weight excluding hydrogens is 330 g/mol.